The van der Waals surface area contributed by atoms with E-state index in [-0.39, 0.29) is 11.5 Å². The number of fused-ring (bicyclic) bond motifs is 1. The van der Waals surface area contributed by atoms with Gasteiger partial charge in [0.25, 0.3) is 0 Å². The Kier molecular flexibility index (Phi) is 2.61. The van der Waals surface area contributed by atoms with E-state index in [2.05, 4.69) is 27.7 Å². The number of phenols is 1. The van der Waals surface area contributed by atoms with Crippen molar-refractivity contribution in [1.82, 2.24) is 0 Å². The molecule has 2 heteroatoms. The van der Waals surface area contributed by atoms with Crippen molar-refractivity contribution in [3.8, 4) is 11.5 Å². The molecule has 16 heavy (non-hydrogen) atoms. The van der Waals surface area contributed by atoms with Crippen LogP contribution in [0, 0.1) is 5.92 Å². The number of rotatable bonds is 1. The molecule has 0 fully saturated rings. The second-order valence-electron chi connectivity index (χ2n) is 5.67. The predicted molar refractivity (Wildman–Crippen MR) is 65.0 cm³/mol. The fourth-order valence-corrected chi connectivity index (χ4v) is 2.34. The minimum Gasteiger partial charge on any atom is -0.508 e. The van der Waals surface area contributed by atoms with Crippen molar-refractivity contribution in [2.75, 3.05) is 0 Å². The first-order valence-electron chi connectivity index (χ1n) is 5.90. The Balaban J connectivity index is 2.43. The normalized spacial score (nSPS) is 22.7. The van der Waals surface area contributed by atoms with Gasteiger partial charge in [-0.2, -0.15) is 0 Å². The van der Waals surface area contributed by atoms with Crippen molar-refractivity contribution in [2.24, 2.45) is 5.92 Å². The lowest BCUT2D eigenvalue weighted by molar-refractivity contribution is 0.0940. The number of benzene rings is 1. The van der Waals surface area contributed by atoms with E-state index < -0.39 is 0 Å². The SMILES string of the molecule is CC(C)C1CC(C)(C)c2cc(O)ccc2O1. The van der Waals surface area contributed by atoms with Crippen molar-refractivity contribution < 1.29 is 9.84 Å². The Bertz CT molecular complexity index is 394. The van der Waals surface area contributed by atoms with Crippen LogP contribution in [0.15, 0.2) is 18.2 Å². The molecule has 1 aliphatic rings. The molecular formula is C14H20O2. The van der Waals surface area contributed by atoms with Crippen molar-refractivity contribution >= 4 is 0 Å². The Morgan fingerprint density at radius 3 is 2.69 bits per heavy atom. The third-order valence-corrected chi connectivity index (χ3v) is 3.43. The van der Waals surface area contributed by atoms with E-state index in [9.17, 15) is 5.11 Å². The first-order chi connectivity index (χ1) is 7.40. The van der Waals surface area contributed by atoms with Crippen LogP contribution in [0.2, 0.25) is 0 Å². The fourth-order valence-electron chi connectivity index (χ4n) is 2.34. The standard InChI is InChI=1S/C14H20O2/c1-9(2)13-8-14(3,4)11-7-10(15)5-6-12(11)16-13/h5-7,9,13,15H,8H2,1-4H3. The topological polar surface area (TPSA) is 29.5 Å². The lowest BCUT2D eigenvalue weighted by atomic mass is 9.75. The molecule has 1 aromatic rings. The van der Waals surface area contributed by atoms with E-state index in [4.69, 9.17) is 4.74 Å². The van der Waals surface area contributed by atoms with Crippen LogP contribution in [0.1, 0.15) is 39.7 Å². The van der Waals surface area contributed by atoms with Gasteiger partial charge in [0.2, 0.25) is 0 Å². The maximum absolute atomic E-state index is 9.54. The van der Waals surface area contributed by atoms with Gasteiger partial charge in [0.15, 0.2) is 0 Å². The maximum atomic E-state index is 9.54. The summed E-state index contributed by atoms with van der Waals surface area (Å²) < 4.78 is 5.97. The summed E-state index contributed by atoms with van der Waals surface area (Å²) in [5.41, 5.74) is 1.19. The molecule has 0 saturated carbocycles. The van der Waals surface area contributed by atoms with Crippen LogP contribution in [-0.2, 0) is 5.41 Å². The highest BCUT2D eigenvalue weighted by atomic mass is 16.5. The van der Waals surface area contributed by atoms with Crippen molar-refractivity contribution in [2.45, 2.75) is 45.6 Å². The molecule has 0 amide bonds. The highest BCUT2D eigenvalue weighted by molar-refractivity contribution is 5.45. The smallest absolute Gasteiger partial charge is 0.123 e. The average Bonchev–Trinajstić information content (AvgIpc) is 2.18. The fraction of sp³-hybridized carbons (Fsp3) is 0.571. The minimum atomic E-state index is 0.0707. The van der Waals surface area contributed by atoms with Gasteiger partial charge in [0.1, 0.15) is 17.6 Å². The summed E-state index contributed by atoms with van der Waals surface area (Å²) in [5, 5.41) is 9.54. The van der Waals surface area contributed by atoms with Crippen molar-refractivity contribution in [3.05, 3.63) is 23.8 Å². The van der Waals surface area contributed by atoms with Gasteiger partial charge in [-0.1, -0.05) is 27.7 Å². The summed E-state index contributed by atoms with van der Waals surface area (Å²) in [5.74, 6) is 1.76. The summed E-state index contributed by atoms with van der Waals surface area (Å²) in [4.78, 5) is 0. The highest BCUT2D eigenvalue weighted by Crippen LogP contribution is 2.43. The summed E-state index contributed by atoms with van der Waals surface area (Å²) in [6.07, 6.45) is 1.27. The first-order valence-corrected chi connectivity index (χ1v) is 5.90. The molecule has 1 aromatic carbocycles. The zero-order valence-electron chi connectivity index (χ0n) is 10.4. The highest BCUT2D eigenvalue weighted by Gasteiger charge is 2.35. The molecule has 1 N–H and O–H groups in total. The largest absolute Gasteiger partial charge is 0.508 e. The molecule has 1 unspecified atom stereocenters. The molecule has 2 rings (SSSR count). The Labute approximate surface area is 97.3 Å². The summed E-state index contributed by atoms with van der Waals surface area (Å²) in [7, 11) is 0. The Hall–Kier alpha value is -1.18. The van der Waals surface area contributed by atoms with Crippen molar-refractivity contribution in [1.29, 1.82) is 0 Å². The molecular weight excluding hydrogens is 200 g/mol. The summed E-state index contributed by atoms with van der Waals surface area (Å²) >= 11 is 0. The number of ether oxygens (including phenoxy) is 1. The molecule has 0 bridgehead atoms. The van der Waals surface area contributed by atoms with E-state index in [0.29, 0.717) is 11.7 Å². The quantitative estimate of drug-likeness (QED) is 0.785. The third-order valence-electron chi connectivity index (χ3n) is 3.43. The van der Waals surface area contributed by atoms with Gasteiger partial charge in [-0.3, -0.25) is 0 Å². The van der Waals surface area contributed by atoms with Crippen molar-refractivity contribution in [3.63, 3.8) is 0 Å². The number of hydrogen-bond donors (Lipinski definition) is 1. The second-order valence-corrected chi connectivity index (χ2v) is 5.67. The second kappa shape index (κ2) is 3.69. The zero-order chi connectivity index (χ0) is 11.9. The Morgan fingerprint density at radius 2 is 2.06 bits per heavy atom. The van der Waals surface area contributed by atoms with Gasteiger partial charge in [-0.15, -0.1) is 0 Å². The first kappa shape index (κ1) is 11.3. The Morgan fingerprint density at radius 1 is 1.38 bits per heavy atom. The number of phenolic OH excluding ortho intramolecular Hbond substituents is 1. The van der Waals surface area contributed by atoms with Gasteiger partial charge in [-0.05, 0) is 36.0 Å². The molecule has 0 aliphatic carbocycles. The van der Waals surface area contributed by atoms with E-state index in [1.165, 1.54) is 0 Å². The lowest BCUT2D eigenvalue weighted by Gasteiger charge is -2.39. The van der Waals surface area contributed by atoms with Crippen LogP contribution < -0.4 is 4.74 Å². The molecule has 1 atom stereocenters. The number of hydrogen-bond acceptors (Lipinski definition) is 2. The van der Waals surface area contributed by atoms with Gasteiger partial charge in [0.05, 0.1) is 0 Å². The van der Waals surface area contributed by atoms with Crippen LogP contribution in [0.4, 0.5) is 0 Å². The molecule has 0 spiro atoms. The van der Waals surface area contributed by atoms with Gasteiger partial charge < -0.3 is 9.84 Å². The van der Waals surface area contributed by atoms with E-state index >= 15 is 0 Å². The zero-order valence-corrected chi connectivity index (χ0v) is 10.4. The minimum absolute atomic E-state index is 0.0707. The van der Waals surface area contributed by atoms with Crippen LogP contribution in [0.5, 0.6) is 11.5 Å². The molecule has 0 saturated heterocycles. The van der Waals surface area contributed by atoms with Gasteiger partial charge >= 0.3 is 0 Å². The molecule has 2 nitrogen and oxygen atoms in total. The van der Waals surface area contributed by atoms with Crippen LogP contribution in [-0.4, -0.2) is 11.2 Å². The predicted octanol–water partition coefficient (Wildman–Crippen LogP) is 3.48. The molecule has 1 heterocycles. The van der Waals surface area contributed by atoms with Crippen LogP contribution in [0.3, 0.4) is 0 Å². The van der Waals surface area contributed by atoms with E-state index in [0.717, 1.165) is 17.7 Å². The maximum Gasteiger partial charge on any atom is 0.123 e. The molecule has 0 radical (unpaired) electrons. The van der Waals surface area contributed by atoms with E-state index in [1.807, 2.05) is 12.1 Å². The summed E-state index contributed by atoms with van der Waals surface area (Å²) in [6, 6.07) is 5.39. The number of aromatic hydroxyl groups is 1. The third kappa shape index (κ3) is 1.89. The monoisotopic (exact) mass is 220 g/mol. The molecule has 0 aromatic heterocycles. The average molecular weight is 220 g/mol. The lowest BCUT2D eigenvalue weighted by Crippen LogP contribution is -2.37. The summed E-state index contributed by atoms with van der Waals surface area (Å²) in [6.45, 7) is 8.80. The van der Waals surface area contributed by atoms with Crippen LogP contribution >= 0.6 is 0 Å². The molecule has 88 valence electrons. The van der Waals surface area contributed by atoms with Gasteiger partial charge in [-0.25, -0.2) is 0 Å². The van der Waals surface area contributed by atoms with Crippen LogP contribution in [0.25, 0.3) is 0 Å². The van der Waals surface area contributed by atoms with Gasteiger partial charge in [0, 0.05) is 5.56 Å². The molecule has 1 aliphatic heterocycles. The van der Waals surface area contributed by atoms with E-state index in [1.54, 1.807) is 6.07 Å².